The maximum absolute atomic E-state index is 13.1. The summed E-state index contributed by atoms with van der Waals surface area (Å²) in [6.07, 6.45) is 0. The normalized spacial score (nSPS) is 16.8. The molecular formula is C13H13AsBrN3O4S. The molecule has 0 unspecified atom stereocenters. The minimum atomic E-state index is -3.87. The van der Waals surface area contributed by atoms with Gasteiger partial charge in [0.05, 0.1) is 0 Å². The molecule has 1 aromatic carbocycles. The minimum absolute atomic E-state index is 0.0705. The van der Waals surface area contributed by atoms with Crippen molar-refractivity contribution >= 4 is 64.0 Å². The molecule has 10 heteroatoms. The summed E-state index contributed by atoms with van der Waals surface area (Å²) in [5, 5.41) is 0.458. The van der Waals surface area contributed by atoms with Gasteiger partial charge in [0.2, 0.25) is 0 Å². The summed E-state index contributed by atoms with van der Waals surface area (Å²) in [4.78, 5) is 14.5. The number of nitrogens with two attached hydrogens (primary N) is 1. The van der Waals surface area contributed by atoms with Gasteiger partial charge in [-0.15, -0.1) is 0 Å². The fourth-order valence-corrected chi connectivity index (χ4v) is 5.47. The molecule has 0 bridgehead atoms. The number of aromatic nitrogens is 1. The van der Waals surface area contributed by atoms with Crippen molar-refractivity contribution in [3.63, 3.8) is 0 Å². The van der Waals surface area contributed by atoms with Gasteiger partial charge in [-0.2, -0.15) is 0 Å². The first-order chi connectivity index (χ1) is 10.8. The van der Waals surface area contributed by atoms with Gasteiger partial charge in [-0.05, 0) is 0 Å². The molecule has 0 atom stereocenters. The number of amides is 1. The number of carbonyl (C=O) groups is 1. The third-order valence-corrected chi connectivity index (χ3v) is 7.93. The van der Waals surface area contributed by atoms with Crippen LogP contribution in [0.25, 0.3) is 10.9 Å². The maximum atomic E-state index is 13.1. The molecule has 23 heavy (non-hydrogen) atoms. The quantitative estimate of drug-likeness (QED) is 0.619. The van der Waals surface area contributed by atoms with Crippen LogP contribution in [0.4, 0.5) is 0 Å². The van der Waals surface area contributed by atoms with Crippen LogP contribution < -0.4 is 10.1 Å². The fourth-order valence-electron chi connectivity index (χ4n) is 2.56. The van der Waals surface area contributed by atoms with E-state index in [0.717, 1.165) is 4.47 Å². The Morgan fingerprint density at radius 2 is 2.00 bits per heavy atom. The number of rotatable bonds is 3. The Hall–Kier alpha value is -0.862. The van der Waals surface area contributed by atoms with E-state index in [1.807, 2.05) is 0 Å². The number of H-pyrrole nitrogens is 1. The molecule has 2 aromatic rings. The number of carbonyl (C=O) groups excluding carboxylic acids is 1. The molecule has 1 aromatic heterocycles. The van der Waals surface area contributed by atoms with E-state index < -0.39 is 15.9 Å². The standard InChI is InChI=1S/C13H13AsBrN3O4S/c14-10-7(15)1-2-8-9(10)12(11(17-8)13(16)19)23(20,21)18-3-5-22-6-4-18/h1-2,17H,3-6H2,(H2,16,19). The number of morpholine rings is 1. The summed E-state index contributed by atoms with van der Waals surface area (Å²) < 4.78 is 34.1. The fraction of sp³-hybridized carbons (Fsp3) is 0.308. The summed E-state index contributed by atoms with van der Waals surface area (Å²) in [6.45, 7) is 1.14. The molecular weight excluding hydrogens is 449 g/mol. The number of nitrogens with zero attached hydrogens (tertiary/aromatic N) is 1. The number of aromatic amines is 1. The Morgan fingerprint density at radius 1 is 1.35 bits per heavy atom. The van der Waals surface area contributed by atoms with Gasteiger partial charge in [-0.25, -0.2) is 0 Å². The Balaban J connectivity index is 2.32. The van der Waals surface area contributed by atoms with Crippen molar-refractivity contribution in [2.45, 2.75) is 4.90 Å². The molecule has 1 aliphatic heterocycles. The Morgan fingerprint density at radius 3 is 2.61 bits per heavy atom. The molecule has 0 spiro atoms. The average Bonchev–Trinajstić information content (AvgIpc) is 2.93. The van der Waals surface area contributed by atoms with Crippen molar-refractivity contribution < 1.29 is 17.9 Å². The Labute approximate surface area is 150 Å². The number of halogens is 1. The zero-order valence-corrected chi connectivity index (χ0v) is 16.2. The summed E-state index contributed by atoms with van der Waals surface area (Å²) in [5.41, 5.74) is 5.84. The van der Waals surface area contributed by atoms with E-state index in [9.17, 15) is 13.2 Å². The number of fused-ring (bicyclic) bond motifs is 1. The number of hydrogen-bond donors (Lipinski definition) is 2. The van der Waals surface area contributed by atoms with Crippen LogP contribution in [0.5, 0.6) is 0 Å². The summed E-state index contributed by atoms with van der Waals surface area (Å²) in [6, 6.07) is 3.49. The first kappa shape index (κ1) is 17.0. The van der Waals surface area contributed by atoms with Crippen LogP contribution >= 0.6 is 15.9 Å². The van der Waals surface area contributed by atoms with Gasteiger partial charge >= 0.3 is 150 Å². The molecule has 1 saturated heterocycles. The van der Waals surface area contributed by atoms with E-state index in [1.54, 1.807) is 12.1 Å². The Kier molecular flexibility index (Phi) is 4.59. The number of ether oxygens (including phenoxy) is 1. The van der Waals surface area contributed by atoms with E-state index in [4.69, 9.17) is 10.5 Å². The van der Waals surface area contributed by atoms with Gasteiger partial charge in [0, 0.05) is 0 Å². The molecule has 122 valence electrons. The van der Waals surface area contributed by atoms with E-state index in [-0.39, 0.29) is 23.7 Å². The predicted octanol–water partition coefficient (Wildman–Crippen LogP) is -0.156. The molecule has 0 aliphatic carbocycles. The third kappa shape index (κ3) is 2.85. The molecule has 0 saturated carbocycles. The van der Waals surface area contributed by atoms with Crippen LogP contribution in [-0.4, -0.2) is 66.8 Å². The van der Waals surface area contributed by atoms with E-state index in [0.29, 0.717) is 28.5 Å². The van der Waals surface area contributed by atoms with Crippen LogP contribution in [0.3, 0.4) is 0 Å². The van der Waals surface area contributed by atoms with Gasteiger partial charge in [0.1, 0.15) is 0 Å². The average molecular weight is 462 g/mol. The molecule has 1 amide bonds. The summed E-state index contributed by atoms with van der Waals surface area (Å²) in [5.74, 6) is -0.809. The third-order valence-electron chi connectivity index (χ3n) is 3.66. The molecule has 2 radical (unpaired) electrons. The zero-order valence-electron chi connectivity index (χ0n) is 11.9. The van der Waals surface area contributed by atoms with Gasteiger partial charge in [-0.3, -0.25) is 0 Å². The van der Waals surface area contributed by atoms with Crippen LogP contribution in [0.15, 0.2) is 21.5 Å². The summed E-state index contributed by atoms with van der Waals surface area (Å²) in [7, 11) is -3.87. The SMILES string of the molecule is NC(=O)c1[nH]c2ccc(Br)c([As])c2c1S(=O)(=O)N1CCOCC1. The van der Waals surface area contributed by atoms with E-state index >= 15 is 0 Å². The van der Waals surface area contributed by atoms with Gasteiger partial charge in [0.15, 0.2) is 0 Å². The first-order valence-corrected chi connectivity index (χ1v) is 9.92. The molecule has 1 fully saturated rings. The number of benzene rings is 1. The van der Waals surface area contributed by atoms with Gasteiger partial charge in [-0.1, -0.05) is 0 Å². The van der Waals surface area contributed by atoms with Crippen LogP contribution in [0, 0.1) is 0 Å². The monoisotopic (exact) mass is 461 g/mol. The van der Waals surface area contributed by atoms with E-state index in [2.05, 4.69) is 37.8 Å². The zero-order chi connectivity index (χ0) is 16.8. The second kappa shape index (κ2) is 6.22. The molecule has 2 heterocycles. The van der Waals surface area contributed by atoms with Crippen molar-refractivity contribution in [2.75, 3.05) is 26.3 Å². The first-order valence-electron chi connectivity index (χ1n) is 6.75. The van der Waals surface area contributed by atoms with Crippen LogP contribution in [-0.2, 0) is 14.8 Å². The molecule has 3 rings (SSSR count). The second-order valence-electron chi connectivity index (χ2n) is 5.03. The molecule has 3 N–H and O–H groups in total. The summed E-state index contributed by atoms with van der Waals surface area (Å²) >= 11 is 5.71. The second-order valence-corrected chi connectivity index (χ2v) is 8.70. The molecule has 7 nitrogen and oxygen atoms in total. The molecule has 1 aliphatic rings. The topological polar surface area (TPSA) is 105 Å². The van der Waals surface area contributed by atoms with Crippen LogP contribution in [0.2, 0.25) is 0 Å². The number of primary amides is 1. The number of sulfonamides is 1. The van der Waals surface area contributed by atoms with Gasteiger partial charge in [0.25, 0.3) is 0 Å². The van der Waals surface area contributed by atoms with Crippen LogP contribution in [0.1, 0.15) is 10.5 Å². The number of hydrogen-bond acceptors (Lipinski definition) is 4. The Bertz CT molecular complexity index is 890. The number of nitrogens with one attached hydrogen (secondary N) is 1. The van der Waals surface area contributed by atoms with Gasteiger partial charge < -0.3 is 0 Å². The van der Waals surface area contributed by atoms with Crippen molar-refractivity contribution in [3.8, 4) is 0 Å². The van der Waals surface area contributed by atoms with Crippen molar-refractivity contribution in [2.24, 2.45) is 5.73 Å². The van der Waals surface area contributed by atoms with Crippen molar-refractivity contribution in [3.05, 3.63) is 22.3 Å². The van der Waals surface area contributed by atoms with E-state index in [1.165, 1.54) is 4.31 Å². The van der Waals surface area contributed by atoms with Crippen molar-refractivity contribution in [1.82, 2.24) is 9.29 Å². The predicted molar refractivity (Wildman–Crippen MR) is 89.5 cm³/mol. The van der Waals surface area contributed by atoms with Crippen molar-refractivity contribution in [1.29, 1.82) is 0 Å².